The minimum absolute atomic E-state index is 0.0130. The van der Waals surface area contributed by atoms with E-state index in [4.69, 9.17) is 9.40 Å². The smallest absolute Gasteiger partial charge is 0.259 e. The molecule has 158 valence electrons. The molecule has 0 spiro atoms. The van der Waals surface area contributed by atoms with Gasteiger partial charge in [-0.1, -0.05) is 0 Å². The zero-order valence-electron chi connectivity index (χ0n) is 16.8. The Morgan fingerprint density at radius 2 is 2.20 bits per heavy atom. The summed E-state index contributed by atoms with van der Waals surface area (Å²) in [6, 6.07) is 2.03. The first-order valence-electron chi connectivity index (χ1n) is 10.7. The summed E-state index contributed by atoms with van der Waals surface area (Å²) in [5.41, 5.74) is 2.33. The number of aromatic amines is 1. The van der Waals surface area contributed by atoms with Crippen LogP contribution >= 0.6 is 23.1 Å². The summed E-state index contributed by atoms with van der Waals surface area (Å²) in [4.78, 5) is 34.8. The van der Waals surface area contributed by atoms with E-state index in [1.54, 1.807) is 29.4 Å². The molecule has 0 fully saturated rings. The summed E-state index contributed by atoms with van der Waals surface area (Å²) in [6.45, 7) is 0. The van der Waals surface area contributed by atoms with Crippen molar-refractivity contribution in [2.24, 2.45) is 0 Å². The fraction of sp³-hybridized carbons (Fsp3) is 0.500. The molecule has 0 saturated heterocycles. The van der Waals surface area contributed by atoms with Gasteiger partial charge in [-0.25, -0.2) is 4.98 Å². The van der Waals surface area contributed by atoms with Crippen LogP contribution in [0.1, 0.15) is 65.7 Å². The number of aromatic nitrogens is 2. The number of hydrogen-bond donors (Lipinski definition) is 2. The number of H-pyrrole nitrogens is 1. The van der Waals surface area contributed by atoms with Crippen molar-refractivity contribution in [2.45, 2.75) is 63.2 Å². The van der Waals surface area contributed by atoms with Crippen molar-refractivity contribution >= 4 is 39.2 Å². The van der Waals surface area contributed by atoms with E-state index in [2.05, 4.69) is 10.3 Å². The number of nitrogens with one attached hydrogen (secondary N) is 2. The van der Waals surface area contributed by atoms with Crippen LogP contribution in [0.5, 0.6) is 0 Å². The van der Waals surface area contributed by atoms with Crippen molar-refractivity contribution in [3.63, 3.8) is 0 Å². The highest BCUT2D eigenvalue weighted by molar-refractivity contribution is 7.98. The first-order valence-corrected chi connectivity index (χ1v) is 12.6. The fourth-order valence-electron chi connectivity index (χ4n) is 4.51. The van der Waals surface area contributed by atoms with Gasteiger partial charge in [0.05, 0.1) is 23.4 Å². The Bertz CT molecular complexity index is 1130. The molecule has 8 heteroatoms. The number of hydrogen-bond acceptors (Lipinski definition) is 6. The second-order valence-electron chi connectivity index (χ2n) is 8.02. The van der Waals surface area contributed by atoms with Gasteiger partial charge in [0.25, 0.3) is 5.56 Å². The van der Waals surface area contributed by atoms with Crippen LogP contribution in [0.25, 0.3) is 10.2 Å². The second-order valence-corrected chi connectivity index (χ2v) is 10.2. The summed E-state index contributed by atoms with van der Waals surface area (Å²) in [6.07, 6.45) is 9.52. The third kappa shape index (κ3) is 3.95. The molecule has 3 aromatic rings. The van der Waals surface area contributed by atoms with Gasteiger partial charge in [-0.3, -0.25) is 9.59 Å². The van der Waals surface area contributed by atoms with E-state index in [0.29, 0.717) is 23.8 Å². The van der Waals surface area contributed by atoms with Gasteiger partial charge in [0, 0.05) is 29.0 Å². The molecule has 1 amide bonds. The molecule has 1 atom stereocenters. The third-order valence-electron chi connectivity index (χ3n) is 5.97. The summed E-state index contributed by atoms with van der Waals surface area (Å²) >= 11 is 3.30. The molecule has 1 unspecified atom stereocenters. The van der Waals surface area contributed by atoms with Gasteiger partial charge >= 0.3 is 0 Å². The highest BCUT2D eigenvalue weighted by Crippen LogP contribution is 2.34. The number of amides is 1. The predicted molar refractivity (Wildman–Crippen MR) is 120 cm³/mol. The predicted octanol–water partition coefficient (Wildman–Crippen LogP) is 4.27. The maximum Gasteiger partial charge on any atom is 0.259 e. The monoisotopic (exact) mass is 443 g/mol. The molecule has 30 heavy (non-hydrogen) atoms. The Balaban J connectivity index is 1.15. The van der Waals surface area contributed by atoms with Crippen LogP contribution in [-0.2, 0) is 29.8 Å². The number of thiophene rings is 1. The van der Waals surface area contributed by atoms with Crippen LogP contribution < -0.4 is 10.9 Å². The van der Waals surface area contributed by atoms with Crippen LogP contribution in [-0.4, -0.2) is 21.6 Å². The summed E-state index contributed by atoms with van der Waals surface area (Å²) in [7, 11) is 0. The van der Waals surface area contributed by atoms with Crippen molar-refractivity contribution in [1.82, 2.24) is 15.3 Å². The van der Waals surface area contributed by atoms with E-state index in [9.17, 15) is 9.59 Å². The van der Waals surface area contributed by atoms with Crippen LogP contribution in [0.2, 0.25) is 0 Å². The Kier molecular flexibility index (Phi) is 5.69. The van der Waals surface area contributed by atoms with E-state index in [0.717, 1.165) is 60.1 Å². The van der Waals surface area contributed by atoms with Gasteiger partial charge in [0.15, 0.2) is 0 Å². The lowest BCUT2D eigenvalue weighted by molar-refractivity contribution is -0.121. The molecule has 5 rings (SSSR count). The quantitative estimate of drug-likeness (QED) is 0.556. The molecule has 3 heterocycles. The molecular weight excluding hydrogens is 418 g/mol. The third-order valence-corrected chi connectivity index (χ3v) is 8.13. The van der Waals surface area contributed by atoms with Crippen LogP contribution in [0, 0.1) is 0 Å². The normalized spacial score (nSPS) is 18.2. The molecule has 6 nitrogen and oxygen atoms in total. The average Bonchev–Trinajstić information content (AvgIpc) is 3.36. The second kappa shape index (κ2) is 8.59. The van der Waals surface area contributed by atoms with Crippen LogP contribution in [0.15, 0.2) is 21.5 Å². The zero-order valence-corrected chi connectivity index (χ0v) is 18.4. The number of aryl methyl sites for hydroxylation is 3. The van der Waals surface area contributed by atoms with E-state index in [1.165, 1.54) is 16.9 Å². The lowest BCUT2D eigenvalue weighted by atomic mass is 9.93. The van der Waals surface area contributed by atoms with Gasteiger partial charge in [-0.2, -0.15) is 11.8 Å². The van der Waals surface area contributed by atoms with Gasteiger partial charge in [0.2, 0.25) is 5.91 Å². The first-order chi connectivity index (χ1) is 14.7. The lowest BCUT2D eigenvalue weighted by Gasteiger charge is -2.22. The molecule has 0 aromatic carbocycles. The molecule has 2 N–H and O–H groups in total. The molecule has 3 aromatic heterocycles. The van der Waals surface area contributed by atoms with E-state index in [1.807, 2.05) is 6.07 Å². The van der Waals surface area contributed by atoms with Crippen LogP contribution in [0.4, 0.5) is 0 Å². The first kappa shape index (κ1) is 19.9. The highest BCUT2D eigenvalue weighted by Gasteiger charge is 2.24. The number of rotatable bonds is 6. The van der Waals surface area contributed by atoms with Crippen LogP contribution in [0.3, 0.4) is 0 Å². The number of fused-ring (bicyclic) bond motifs is 4. The minimum Gasteiger partial charge on any atom is -0.469 e. The Labute approximate surface area is 182 Å². The summed E-state index contributed by atoms with van der Waals surface area (Å²) < 4.78 is 5.49. The summed E-state index contributed by atoms with van der Waals surface area (Å²) in [5.74, 6) is 3.06. The molecular formula is C22H25N3O3S2. The van der Waals surface area contributed by atoms with Crippen molar-refractivity contribution in [2.75, 3.05) is 5.75 Å². The number of carbonyl (C=O) groups excluding carboxylic acids is 1. The number of carbonyl (C=O) groups is 1. The van der Waals surface area contributed by atoms with Gasteiger partial charge < -0.3 is 14.7 Å². The largest absolute Gasteiger partial charge is 0.469 e. The minimum atomic E-state index is -0.0130. The van der Waals surface area contributed by atoms with Crippen molar-refractivity contribution in [3.8, 4) is 0 Å². The number of furan rings is 1. The van der Waals surface area contributed by atoms with Crippen molar-refractivity contribution < 1.29 is 9.21 Å². The maximum atomic E-state index is 12.6. The molecule has 2 aliphatic carbocycles. The molecule has 0 radical (unpaired) electrons. The Hall–Kier alpha value is -2.06. The molecule has 0 saturated carbocycles. The van der Waals surface area contributed by atoms with Gasteiger partial charge in [-0.05, 0) is 50.2 Å². The van der Waals surface area contributed by atoms with Crippen molar-refractivity contribution in [1.29, 1.82) is 0 Å². The topological polar surface area (TPSA) is 88.0 Å². The van der Waals surface area contributed by atoms with Gasteiger partial charge in [0.1, 0.15) is 16.4 Å². The maximum absolute atomic E-state index is 12.6. The van der Waals surface area contributed by atoms with E-state index >= 15 is 0 Å². The Morgan fingerprint density at radius 3 is 3.13 bits per heavy atom. The van der Waals surface area contributed by atoms with Gasteiger partial charge in [-0.15, -0.1) is 11.3 Å². The average molecular weight is 444 g/mol. The number of nitrogens with zero attached hydrogens (tertiary/aromatic N) is 1. The van der Waals surface area contributed by atoms with E-state index in [-0.39, 0.29) is 17.5 Å². The Morgan fingerprint density at radius 1 is 1.30 bits per heavy atom. The standard InChI is InChI=1S/C22H25N3O3S2/c26-19(23-15-5-3-6-16-13(15)8-10-28-16)9-11-29-12-18-24-21(27)20-14-4-1-2-7-17(14)30-22(20)25-18/h8,10,15H,1-7,9,11-12H2,(H,23,26)(H,24,25,27). The zero-order chi connectivity index (χ0) is 20.5. The molecule has 0 bridgehead atoms. The fourth-order valence-corrected chi connectivity index (χ4v) is 6.60. The van der Waals surface area contributed by atoms with E-state index < -0.39 is 0 Å². The number of thioether (sulfide) groups is 1. The molecule has 0 aliphatic heterocycles. The lowest BCUT2D eigenvalue weighted by Crippen LogP contribution is -2.30. The SMILES string of the molecule is O=C(CCSCc1nc2sc3c(c2c(=O)[nH]1)CCCC3)NC1CCCc2occc21. The van der Waals surface area contributed by atoms with Crippen molar-refractivity contribution in [3.05, 3.63) is 50.3 Å². The highest BCUT2D eigenvalue weighted by atomic mass is 32.2. The molecule has 2 aliphatic rings. The summed E-state index contributed by atoms with van der Waals surface area (Å²) in [5, 5.41) is 3.94.